The molecule has 0 aliphatic carbocycles. The largest absolute Gasteiger partial charge is 0.389 e. The highest BCUT2D eigenvalue weighted by atomic mass is 19.1. The lowest BCUT2D eigenvalue weighted by Crippen LogP contribution is -2.50. The van der Waals surface area contributed by atoms with Gasteiger partial charge in [0.1, 0.15) is 5.82 Å². The van der Waals surface area contributed by atoms with Crippen molar-refractivity contribution in [2.24, 2.45) is 5.92 Å². The number of hydrogen-bond donors (Lipinski definition) is 2. The van der Waals surface area contributed by atoms with Crippen LogP contribution in [-0.4, -0.2) is 23.8 Å². The highest BCUT2D eigenvalue weighted by Gasteiger charge is 2.35. The van der Waals surface area contributed by atoms with E-state index in [9.17, 15) is 9.50 Å². The molecular weight excluding hydrogens is 205 g/mol. The molecule has 1 fully saturated rings. The Morgan fingerprint density at radius 2 is 2.12 bits per heavy atom. The lowest BCUT2D eigenvalue weighted by atomic mass is 9.78. The molecule has 0 amide bonds. The van der Waals surface area contributed by atoms with Gasteiger partial charge in [-0.25, -0.2) is 4.39 Å². The van der Waals surface area contributed by atoms with Crippen molar-refractivity contribution in [1.29, 1.82) is 0 Å². The standard InChI is InChI=1S/C13H18FNO/c1-10-9-15-7-6-13(10,16)8-11-2-4-12(14)5-3-11/h2-5,10,15-16H,6-9H2,1H3. The zero-order valence-electron chi connectivity index (χ0n) is 9.54. The maximum Gasteiger partial charge on any atom is 0.123 e. The maximum atomic E-state index is 12.8. The van der Waals surface area contributed by atoms with Crippen molar-refractivity contribution in [2.45, 2.75) is 25.4 Å². The van der Waals surface area contributed by atoms with E-state index in [1.807, 2.05) is 0 Å². The molecule has 2 unspecified atom stereocenters. The second kappa shape index (κ2) is 4.52. The highest BCUT2D eigenvalue weighted by molar-refractivity contribution is 5.19. The van der Waals surface area contributed by atoms with Crippen LogP contribution in [0.25, 0.3) is 0 Å². The van der Waals surface area contributed by atoms with E-state index in [-0.39, 0.29) is 11.7 Å². The first-order chi connectivity index (χ1) is 7.60. The van der Waals surface area contributed by atoms with Gasteiger partial charge in [-0.2, -0.15) is 0 Å². The van der Waals surface area contributed by atoms with Gasteiger partial charge in [-0.1, -0.05) is 19.1 Å². The fourth-order valence-corrected chi connectivity index (χ4v) is 2.28. The van der Waals surface area contributed by atoms with Crippen LogP contribution in [0, 0.1) is 11.7 Å². The average Bonchev–Trinajstić information content (AvgIpc) is 2.26. The first-order valence-corrected chi connectivity index (χ1v) is 5.78. The van der Waals surface area contributed by atoms with Crippen molar-refractivity contribution in [3.63, 3.8) is 0 Å². The lowest BCUT2D eigenvalue weighted by Gasteiger charge is -2.38. The van der Waals surface area contributed by atoms with Gasteiger partial charge >= 0.3 is 0 Å². The van der Waals surface area contributed by atoms with E-state index in [0.717, 1.165) is 25.1 Å². The summed E-state index contributed by atoms with van der Waals surface area (Å²) in [5.41, 5.74) is 0.348. The minimum atomic E-state index is -0.650. The van der Waals surface area contributed by atoms with Crippen molar-refractivity contribution >= 4 is 0 Å². The third-order valence-electron chi connectivity index (χ3n) is 3.53. The Hall–Kier alpha value is -0.930. The van der Waals surface area contributed by atoms with E-state index in [4.69, 9.17) is 0 Å². The average molecular weight is 223 g/mol. The zero-order valence-corrected chi connectivity index (χ0v) is 9.54. The minimum absolute atomic E-state index is 0.228. The molecule has 1 aliphatic rings. The molecule has 1 aromatic rings. The van der Waals surface area contributed by atoms with Gasteiger partial charge in [0.15, 0.2) is 0 Å². The van der Waals surface area contributed by atoms with Gasteiger partial charge in [0, 0.05) is 13.0 Å². The molecule has 3 heteroatoms. The van der Waals surface area contributed by atoms with E-state index in [2.05, 4.69) is 12.2 Å². The number of rotatable bonds is 2. The number of aliphatic hydroxyl groups is 1. The van der Waals surface area contributed by atoms with E-state index in [1.165, 1.54) is 12.1 Å². The van der Waals surface area contributed by atoms with Gasteiger partial charge in [0.2, 0.25) is 0 Å². The van der Waals surface area contributed by atoms with Gasteiger partial charge in [0.25, 0.3) is 0 Å². The van der Waals surface area contributed by atoms with Gasteiger partial charge in [-0.05, 0) is 36.6 Å². The summed E-state index contributed by atoms with van der Waals surface area (Å²) in [7, 11) is 0. The predicted octanol–water partition coefficient (Wildman–Crippen LogP) is 1.73. The van der Waals surface area contributed by atoms with E-state index in [0.29, 0.717) is 6.42 Å². The fraction of sp³-hybridized carbons (Fsp3) is 0.538. The minimum Gasteiger partial charge on any atom is -0.389 e. The Labute approximate surface area is 95.5 Å². The van der Waals surface area contributed by atoms with Crippen LogP contribution >= 0.6 is 0 Å². The summed E-state index contributed by atoms with van der Waals surface area (Å²) in [6, 6.07) is 6.40. The first kappa shape index (κ1) is 11.6. The van der Waals surface area contributed by atoms with Gasteiger partial charge < -0.3 is 10.4 Å². The first-order valence-electron chi connectivity index (χ1n) is 5.78. The molecule has 1 heterocycles. The number of halogens is 1. The monoisotopic (exact) mass is 223 g/mol. The molecule has 0 spiro atoms. The topological polar surface area (TPSA) is 32.3 Å². The lowest BCUT2D eigenvalue weighted by molar-refractivity contribution is -0.0329. The predicted molar refractivity (Wildman–Crippen MR) is 61.7 cm³/mol. The Balaban J connectivity index is 2.10. The molecule has 1 aromatic carbocycles. The van der Waals surface area contributed by atoms with Crippen molar-refractivity contribution in [3.05, 3.63) is 35.6 Å². The van der Waals surface area contributed by atoms with Crippen molar-refractivity contribution in [3.8, 4) is 0 Å². The van der Waals surface area contributed by atoms with Gasteiger partial charge in [-0.3, -0.25) is 0 Å². The molecular formula is C13H18FNO. The third kappa shape index (κ3) is 2.42. The molecule has 2 N–H and O–H groups in total. The van der Waals surface area contributed by atoms with Crippen LogP contribution < -0.4 is 5.32 Å². The summed E-state index contributed by atoms with van der Waals surface area (Å²) >= 11 is 0. The molecule has 1 aliphatic heterocycles. The third-order valence-corrected chi connectivity index (χ3v) is 3.53. The van der Waals surface area contributed by atoms with Crippen LogP contribution in [0.15, 0.2) is 24.3 Å². The SMILES string of the molecule is CC1CNCCC1(O)Cc1ccc(F)cc1. The van der Waals surface area contributed by atoms with Crippen LogP contribution in [0.4, 0.5) is 4.39 Å². The Bertz CT molecular complexity index is 351. The van der Waals surface area contributed by atoms with Gasteiger partial charge in [-0.15, -0.1) is 0 Å². The number of piperidine rings is 1. The smallest absolute Gasteiger partial charge is 0.123 e. The van der Waals surface area contributed by atoms with Crippen LogP contribution in [-0.2, 0) is 6.42 Å². The summed E-state index contributed by atoms with van der Waals surface area (Å²) in [5, 5.41) is 13.8. The molecule has 0 aromatic heterocycles. The Morgan fingerprint density at radius 3 is 2.75 bits per heavy atom. The summed E-state index contributed by atoms with van der Waals surface area (Å²) in [6.45, 7) is 3.75. The van der Waals surface area contributed by atoms with Crippen LogP contribution in [0.5, 0.6) is 0 Å². The molecule has 0 radical (unpaired) electrons. The number of hydrogen-bond acceptors (Lipinski definition) is 2. The molecule has 0 bridgehead atoms. The second-order valence-corrected chi connectivity index (χ2v) is 4.76. The highest BCUT2D eigenvalue weighted by Crippen LogP contribution is 2.28. The van der Waals surface area contributed by atoms with Crippen molar-refractivity contribution < 1.29 is 9.50 Å². The summed E-state index contributed by atoms with van der Waals surface area (Å²) in [6.07, 6.45) is 1.36. The molecule has 2 rings (SSSR count). The van der Waals surface area contributed by atoms with Crippen molar-refractivity contribution in [1.82, 2.24) is 5.32 Å². The summed E-state index contributed by atoms with van der Waals surface area (Å²) < 4.78 is 12.8. The normalized spacial score (nSPS) is 30.3. The molecule has 2 nitrogen and oxygen atoms in total. The molecule has 16 heavy (non-hydrogen) atoms. The number of benzene rings is 1. The van der Waals surface area contributed by atoms with E-state index >= 15 is 0 Å². The Morgan fingerprint density at radius 1 is 1.44 bits per heavy atom. The van der Waals surface area contributed by atoms with E-state index < -0.39 is 5.60 Å². The second-order valence-electron chi connectivity index (χ2n) is 4.76. The molecule has 1 saturated heterocycles. The fourth-order valence-electron chi connectivity index (χ4n) is 2.28. The van der Waals surface area contributed by atoms with Crippen molar-refractivity contribution in [2.75, 3.05) is 13.1 Å². The summed E-state index contributed by atoms with van der Waals surface area (Å²) in [4.78, 5) is 0. The zero-order chi connectivity index (χ0) is 11.6. The molecule has 88 valence electrons. The van der Waals surface area contributed by atoms with Crippen LogP contribution in [0.2, 0.25) is 0 Å². The molecule has 0 saturated carbocycles. The Kier molecular flexibility index (Phi) is 3.26. The summed E-state index contributed by atoms with van der Waals surface area (Å²) in [5.74, 6) is 0.000372. The molecule has 2 atom stereocenters. The number of nitrogens with one attached hydrogen (secondary N) is 1. The van der Waals surface area contributed by atoms with E-state index in [1.54, 1.807) is 12.1 Å². The quantitative estimate of drug-likeness (QED) is 0.800. The van der Waals surface area contributed by atoms with Gasteiger partial charge in [0.05, 0.1) is 5.60 Å². The van der Waals surface area contributed by atoms with Crippen LogP contribution in [0.1, 0.15) is 18.9 Å². The maximum absolute atomic E-state index is 12.8. The van der Waals surface area contributed by atoms with Crippen LogP contribution in [0.3, 0.4) is 0 Å².